The fourth-order valence-corrected chi connectivity index (χ4v) is 4.89. The van der Waals surface area contributed by atoms with E-state index in [0.717, 1.165) is 37.2 Å². The average molecular weight is 314 g/mol. The molecule has 3 aliphatic heterocycles. The van der Waals surface area contributed by atoms with E-state index in [-0.39, 0.29) is 11.5 Å². The molecule has 1 aromatic carbocycles. The second kappa shape index (κ2) is 5.32. The monoisotopic (exact) mass is 314 g/mol. The Labute approximate surface area is 138 Å². The zero-order chi connectivity index (χ0) is 16.2. The molecule has 124 valence electrons. The number of rotatable bonds is 3. The van der Waals surface area contributed by atoms with E-state index in [1.807, 2.05) is 25.1 Å². The van der Waals surface area contributed by atoms with Crippen molar-refractivity contribution in [3.63, 3.8) is 0 Å². The fraction of sp³-hybridized carbons (Fsp3) is 0.632. The molecule has 2 bridgehead atoms. The summed E-state index contributed by atoms with van der Waals surface area (Å²) in [6, 6.07) is 5.92. The minimum atomic E-state index is 0.0382. The maximum absolute atomic E-state index is 12.5. The van der Waals surface area contributed by atoms with Crippen molar-refractivity contribution >= 4 is 5.91 Å². The number of likely N-dealkylation sites (N-methyl/N-ethyl adjacent to an activating group) is 1. The number of nitrogens with zero attached hydrogens (tertiary/aromatic N) is 1. The second-order valence-electron chi connectivity index (χ2n) is 7.74. The minimum Gasteiger partial charge on any atom is -0.370 e. The van der Waals surface area contributed by atoms with Crippen LogP contribution in [0.1, 0.15) is 34.3 Å². The smallest absolute Gasteiger partial charge is 0.251 e. The molecule has 4 rings (SSSR count). The van der Waals surface area contributed by atoms with Gasteiger partial charge in [-0.15, -0.1) is 0 Å². The predicted octanol–water partition coefficient (Wildman–Crippen LogP) is 2.14. The third-order valence-electron chi connectivity index (χ3n) is 6.22. The summed E-state index contributed by atoms with van der Waals surface area (Å²) in [5, 5.41) is 3.16. The molecular weight excluding hydrogens is 288 g/mol. The van der Waals surface area contributed by atoms with Gasteiger partial charge in [0.1, 0.15) is 0 Å². The van der Waals surface area contributed by atoms with Crippen molar-refractivity contribution in [1.29, 1.82) is 0 Å². The molecule has 0 saturated carbocycles. The zero-order valence-electron chi connectivity index (χ0n) is 14.3. The van der Waals surface area contributed by atoms with Crippen molar-refractivity contribution < 1.29 is 9.53 Å². The maximum atomic E-state index is 12.5. The van der Waals surface area contributed by atoms with Crippen molar-refractivity contribution in [3.8, 4) is 0 Å². The molecule has 4 atom stereocenters. The Bertz CT molecular complexity index is 644. The fourth-order valence-electron chi connectivity index (χ4n) is 4.89. The number of carbonyl (C=O) groups is 1. The first-order chi connectivity index (χ1) is 11.0. The van der Waals surface area contributed by atoms with E-state index in [1.165, 1.54) is 12.0 Å². The van der Waals surface area contributed by atoms with Crippen LogP contribution < -0.4 is 5.32 Å². The van der Waals surface area contributed by atoms with Crippen molar-refractivity contribution in [3.05, 3.63) is 34.9 Å². The number of hydrogen-bond acceptors (Lipinski definition) is 3. The quantitative estimate of drug-likeness (QED) is 0.929. The Hall–Kier alpha value is -1.39. The molecule has 23 heavy (non-hydrogen) atoms. The average Bonchev–Trinajstić information content (AvgIpc) is 3.14. The molecule has 3 fully saturated rings. The van der Waals surface area contributed by atoms with E-state index in [1.54, 1.807) is 0 Å². The van der Waals surface area contributed by atoms with Gasteiger partial charge < -0.3 is 15.0 Å². The number of carbonyl (C=O) groups excluding carboxylic acids is 1. The van der Waals surface area contributed by atoms with Gasteiger partial charge in [0.25, 0.3) is 5.91 Å². The Morgan fingerprint density at radius 2 is 2.22 bits per heavy atom. The molecule has 3 heterocycles. The van der Waals surface area contributed by atoms with Crippen LogP contribution in [0.4, 0.5) is 0 Å². The standard InChI is InChI=1S/C19H26N2O2/c1-12-4-5-14(8-13(12)2)18(22)20-9-15-16-10-21(3)11-19(16)7-6-17(15)23-19/h4-5,8,15-17H,6-7,9-11H2,1-3H3,(H,20,22)/t15-,16+,17+,19+/m0/s1. The van der Waals surface area contributed by atoms with Gasteiger partial charge in [-0.3, -0.25) is 4.79 Å². The summed E-state index contributed by atoms with van der Waals surface area (Å²) in [6.07, 6.45) is 2.68. The number of fused-ring (bicyclic) bond motifs is 1. The van der Waals surface area contributed by atoms with Crippen molar-refractivity contribution in [2.45, 2.75) is 38.4 Å². The summed E-state index contributed by atoms with van der Waals surface area (Å²) >= 11 is 0. The molecule has 1 amide bonds. The van der Waals surface area contributed by atoms with Crippen LogP contribution >= 0.6 is 0 Å². The van der Waals surface area contributed by atoms with Crippen molar-refractivity contribution in [1.82, 2.24) is 10.2 Å². The highest BCUT2D eigenvalue weighted by atomic mass is 16.5. The minimum absolute atomic E-state index is 0.0382. The number of likely N-dealkylation sites (tertiary alicyclic amines) is 1. The Morgan fingerprint density at radius 3 is 3.00 bits per heavy atom. The van der Waals surface area contributed by atoms with E-state index < -0.39 is 0 Å². The maximum Gasteiger partial charge on any atom is 0.251 e. The van der Waals surface area contributed by atoms with Gasteiger partial charge in [0.2, 0.25) is 0 Å². The van der Waals surface area contributed by atoms with Gasteiger partial charge in [-0.1, -0.05) is 6.07 Å². The van der Waals surface area contributed by atoms with E-state index in [4.69, 9.17) is 4.74 Å². The lowest BCUT2D eigenvalue weighted by atomic mass is 9.73. The molecule has 4 nitrogen and oxygen atoms in total. The van der Waals surface area contributed by atoms with E-state index in [0.29, 0.717) is 17.9 Å². The van der Waals surface area contributed by atoms with Crippen LogP contribution in [0.5, 0.6) is 0 Å². The Morgan fingerprint density at radius 1 is 1.39 bits per heavy atom. The lowest BCUT2D eigenvalue weighted by molar-refractivity contribution is 0.00472. The molecule has 0 unspecified atom stereocenters. The molecule has 3 saturated heterocycles. The molecule has 0 aromatic heterocycles. The van der Waals surface area contributed by atoms with Crippen LogP contribution in [0.3, 0.4) is 0 Å². The van der Waals surface area contributed by atoms with Gasteiger partial charge in [0.05, 0.1) is 11.7 Å². The first kappa shape index (κ1) is 15.2. The Kier molecular flexibility index (Phi) is 3.50. The lowest BCUT2D eigenvalue weighted by Crippen LogP contribution is -2.41. The molecule has 0 aliphatic carbocycles. The highest BCUT2D eigenvalue weighted by Crippen LogP contribution is 2.54. The van der Waals surface area contributed by atoms with E-state index >= 15 is 0 Å². The van der Waals surface area contributed by atoms with Crippen LogP contribution in [0.25, 0.3) is 0 Å². The molecule has 1 aromatic rings. The van der Waals surface area contributed by atoms with Crippen LogP contribution in [0, 0.1) is 25.7 Å². The lowest BCUT2D eigenvalue weighted by Gasteiger charge is -2.29. The van der Waals surface area contributed by atoms with Gasteiger partial charge in [-0.25, -0.2) is 0 Å². The third-order valence-corrected chi connectivity index (χ3v) is 6.22. The van der Waals surface area contributed by atoms with Crippen molar-refractivity contribution in [2.24, 2.45) is 11.8 Å². The van der Waals surface area contributed by atoms with E-state index in [9.17, 15) is 4.79 Å². The molecule has 1 spiro atoms. The first-order valence-corrected chi connectivity index (χ1v) is 8.70. The summed E-state index contributed by atoms with van der Waals surface area (Å²) < 4.78 is 6.35. The normalized spacial score (nSPS) is 35.5. The number of amides is 1. The molecule has 4 heteroatoms. The van der Waals surface area contributed by atoms with Crippen LogP contribution in [-0.4, -0.2) is 49.2 Å². The number of hydrogen-bond donors (Lipinski definition) is 1. The van der Waals surface area contributed by atoms with Crippen molar-refractivity contribution in [2.75, 3.05) is 26.7 Å². The summed E-state index contributed by atoms with van der Waals surface area (Å²) in [7, 11) is 2.18. The predicted molar refractivity (Wildman–Crippen MR) is 89.6 cm³/mol. The zero-order valence-corrected chi connectivity index (χ0v) is 14.3. The van der Waals surface area contributed by atoms with Gasteiger partial charge >= 0.3 is 0 Å². The summed E-state index contributed by atoms with van der Waals surface area (Å²) in [5.41, 5.74) is 3.22. The molecule has 1 N–H and O–H groups in total. The number of ether oxygens (including phenoxy) is 1. The van der Waals surface area contributed by atoms with Gasteiger partial charge in [-0.2, -0.15) is 0 Å². The van der Waals surface area contributed by atoms with Crippen LogP contribution in [-0.2, 0) is 4.74 Å². The first-order valence-electron chi connectivity index (χ1n) is 8.70. The molecule has 3 aliphatic rings. The summed E-state index contributed by atoms with van der Waals surface area (Å²) in [5.74, 6) is 1.08. The van der Waals surface area contributed by atoms with Gasteiger partial charge in [0.15, 0.2) is 0 Å². The summed E-state index contributed by atoms with van der Waals surface area (Å²) in [6.45, 7) is 7.00. The number of aryl methyl sites for hydroxylation is 2. The van der Waals surface area contributed by atoms with E-state index in [2.05, 4.69) is 24.2 Å². The van der Waals surface area contributed by atoms with Crippen LogP contribution in [0.15, 0.2) is 18.2 Å². The number of benzene rings is 1. The third kappa shape index (κ3) is 2.39. The number of nitrogens with one attached hydrogen (secondary N) is 1. The highest BCUT2D eigenvalue weighted by Gasteiger charge is 2.62. The summed E-state index contributed by atoms with van der Waals surface area (Å²) in [4.78, 5) is 14.8. The second-order valence-corrected chi connectivity index (χ2v) is 7.74. The topological polar surface area (TPSA) is 41.6 Å². The highest BCUT2D eigenvalue weighted by molar-refractivity contribution is 5.94. The largest absolute Gasteiger partial charge is 0.370 e. The molecule has 0 radical (unpaired) electrons. The van der Waals surface area contributed by atoms with Crippen LogP contribution in [0.2, 0.25) is 0 Å². The van der Waals surface area contributed by atoms with Gasteiger partial charge in [-0.05, 0) is 57.0 Å². The Balaban J connectivity index is 1.43. The SMILES string of the molecule is Cc1ccc(C(=O)NC[C@H]2[C@H]3CN(C)C[C@]34CC[C@H]2O4)cc1C. The van der Waals surface area contributed by atoms with Gasteiger partial charge in [0, 0.05) is 37.0 Å². The molecular formula is C19H26N2O2.